The van der Waals surface area contributed by atoms with Crippen LogP contribution >= 0.6 is 11.8 Å². The lowest BCUT2D eigenvalue weighted by molar-refractivity contribution is -0.139. The van der Waals surface area contributed by atoms with Crippen molar-refractivity contribution < 1.29 is 19.5 Å². The molecule has 0 bridgehead atoms. The van der Waals surface area contributed by atoms with Crippen molar-refractivity contribution in [3.05, 3.63) is 125 Å². The van der Waals surface area contributed by atoms with E-state index in [0.717, 1.165) is 16.7 Å². The first-order valence-electron chi connectivity index (χ1n) is 12.8. The van der Waals surface area contributed by atoms with Crippen molar-refractivity contribution in [1.29, 1.82) is 0 Å². The predicted molar refractivity (Wildman–Crippen MR) is 162 cm³/mol. The highest BCUT2D eigenvalue weighted by atomic mass is 32.2. The Labute approximate surface area is 238 Å². The Kier molecular flexibility index (Phi) is 9.65. The van der Waals surface area contributed by atoms with E-state index in [1.165, 1.54) is 11.8 Å². The van der Waals surface area contributed by atoms with E-state index in [1.807, 2.05) is 73.9 Å². The van der Waals surface area contributed by atoms with Gasteiger partial charge in [0, 0.05) is 34.6 Å². The van der Waals surface area contributed by atoms with Crippen molar-refractivity contribution >= 4 is 41.6 Å². The van der Waals surface area contributed by atoms with E-state index in [9.17, 15) is 19.5 Å². The van der Waals surface area contributed by atoms with Crippen LogP contribution in [0.2, 0.25) is 0 Å². The summed E-state index contributed by atoms with van der Waals surface area (Å²) in [6.45, 7) is 1.97. The van der Waals surface area contributed by atoms with Crippen LogP contribution in [0.4, 0.5) is 0 Å². The molecule has 0 aliphatic carbocycles. The summed E-state index contributed by atoms with van der Waals surface area (Å²) in [5.41, 5.74) is 5.57. The number of carbonyl (C=O) groups is 3. The molecule has 202 valence electrons. The Balaban J connectivity index is 1.70. The molecule has 1 aromatic heterocycles. The van der Waals surface area contributed by atoms with Crippen LogP contribution in [0.3, 0.4) is 0 Å². The lowest BCUT2D eigenvalue weighted by atomic mass is 9.93. The summed E-state index contributed by atoms with van der Waals surface area (Å²) in [4.78, 5) is 42.4. The maximum atomic E-state index is 13.3. The molecule has 4 rings (SSSR count). The minimum absolute atomic E-state index is 0.0928. The van der Waals surface area contributed by atoms with Crippen molar-refractivity contribution in [2.45, 2.75) is 19.4 Å². The highest BCUT2D eigenvalue weighted by Crippen LogP contribution is 2.29. The minimum atomic E-state index is -1.06. The van der Waals surface area contributed by atoms with Crippen LogP contribution in [0.15, 0.2) is 91.3 Å². The third-order valence-corrected chi connectivity index (χ3v) is 7.17. The zero-order chi connectivity index (χ0) is 28.5. The van der Waals surface area contributed by atoms with Gasteiger partial charge < -0.3 is 10.4 Å². The molecule has 0 saturated heterocycles. The van der Waals surface area contributed by atoms with E-state index in [1.54, 1.807) is 42.7 Å². The number of nitrogens with one attached hydrogen (secondary N) is 1. The van der Waals surface area contributed by atoms with Crippen molar-refractivity contribution in [3.63, 3.8) is 0 Å². The van der Waals surface area contributed by atoms with Gasteiger partial charge in [0.15, 0.2) is 5.78 Å². The predicted octanol–water partition coefficient (Wildman–Crippen LogP) is 6.39. The first-order valence-corrected chi connectivity index (χ1v) is 14.2. The Bertz CT molecular complexity index is 1550. The first-order chi connectivity index (χ1) is 19.4. The van der Waals surface area contributed by atoms with Crippen molar-refractivity contribution in [2.24, 2.45) is 0 Å². The molecular formula is C33H30N2O4S. The van der Waals surface area contributed by atoms with E-state index in [2.05, 4.69) is 10.3 Å². The van der Waals surface area contributed by atoms with Crippen LogP contribution in [0, 0.1) is 6.92 Å². The second-order valence-electron chi connectivity index (χ2n) is 9.26. The van der Waals surface area contributed by atoms with Gasteiger partial charge in [-0.15, -0.1) is 0 Å². The van der Waals surface area contributed by atoms with Gasteiger partial charge in [0.05, 0.1) is 0 Å². The number of ketones is 1. The average Bonchev–Trinajstić information content (AvgIpc) is 2.98. The number of carboxylic acid groups (broad SMARTS) is 1. The number of amides is 1. The molecule has 0 fully saturated rings. The van der Waals surface area contributed by atoms with E-state index < -0.39 is 17.9 Å². The number of thioether (sulfide) groups is 1. The highest BCUT2D eigenvalue weighted by Gasteiger charge is 2.22. The van der Waals surface area contributed by atoms with E-state index >= 15 is 0 Å². The lowest BCUT2D eigenvalue weighted by Crippen LogP contribution is -2.41. The van der Waals surface area contributed by atoms with Gasteiger partial charge >= 0.3 is 5.97 Å². The number of nitrogens with zero attached hydrogens (tertiary/aromatic N) is 1. The van der Waals surface area contributed by atoms with E-state index in [0.29, 0.717) is 40.0 Å². The molecule has 0 aliphatic heterocycles. The Morgan fingerprint density at radius 2 is 1.68 bits per heavy atom. The Morgan fingerprint density at radius 1 is 0.925 bits per heavy atom. The molecule has 0 aliphatic rings. The molecule has 4 aromatic rings. The topological polar surface area (TPSA) is 96.4 Å². The zero-order valence-electron chi connectivity index (χ0n) is 22.3. The number of pyridine rings is 1. The van der Waals surface area contributed by atoms with Crippen LogP contribution in [-0.4, -0.2) is 45.8 Å². The molecule has 3 aromatic carbocycles. The number of carbonyl (C=O) groups excluding carboxylic acids is 2. The number of aliphatic carboxylic acids is 1. The molecule has 0 radical (unpaired) electrons. The van der Waals surface area contributed by atoms with Crippen LogP contribution in [0.5, 0.6) is 0 Å². The number of benzene rings is 3. The van der Waals surface area contributed by atoms with Crippen molar-refractivity contribution in [1.82, 2.24) is 10.3 Å². The summed E-state index contributed by atoms with van der Waals surface area (Å²) >= 11 is 1.53. The monoisotopic (exact) mass is 550 g/mol. The van der Waals surface area contributed by atoms with Gasteiger partial charge in [-0.05, 0) is 65.8 Å². The molecule has 1 heterocycles. The number of hydrogen-bond donors (Lipinski definition) is 2. The summed E-state index contributed by atoms with van der Waals surface area (Å²) in [6, 6.07) is 23.0. The summed E-state index contributed by atoms with van der Waals surface area (Å²) in [5, 5.41) is 12.3. The third-order valence-electron chi connectivity index (χ3n) is 6.53. The van der Waals surface area contributed by atoms with Crippen molar-refractivity contribution in [3.8, 4) is 11.1 Å². The fourth-order valence-electron chi connectivity index (χ4n) is 4.37. The van der Waals surface area contributed by atoms with Gasteiger partial charge in [0.1, 0.15) is 6.04 Å². The van der Waals surface area contributed by atoms with Gasteiger partial charge in [-0.2, -0.15) is 11.8 Å². The molecule has 40 heavy (non-hydrogen) atoms. The number of carboxylic acids is 1. The molecule has 1 atom stereocenters. The maximum Gasteiger partial charge on any atom is 0.326 e. The van der Waals surface area contributed by atoms with Crippen LogP contribution in [0.1, 0.15) is 49.4 Å². The van der Waals surface area contributed by atoms with Crippen LogP contribution < -0.4 is 5.32 Å². The average molecular weight is 551 g/mol. The molecule has 0 unspecified atom stereocenters. The fraction of sp³-hybridized carbons (Fsp3) is 0.152. The second-order valence-corrected chi connectivity index (χ2v) is 10.2. The van der Waals surface area contributed by atoms with E-state index in [-0.39, 0.29) is 5.78 Å². The van der Waals surface area contributed by atoms with Gasteiger partial charge in [0.2, 0.25) is 0 Å². The molecule has 2 N–H and O–H groups in total. The first kappa shape index (κ1) is 28.5. The number of aromatic nitrogens is 1. The number of hydrogen-bond acceptors (Lipinski definition) is 5. The maximum absolute atomic E-state index is 13.3. The zero-order valence-corrected chi connectivity index (χ0v) is 23.2. The molecule has 1 amide bonds. The largest absolute Gasteiger partial charge is 0.480 e. The van der Waals surface area contributed by atoms with Gasteiger partial charge in [-0.3, -0.25) is 14.6 Å². The minimum Gasteiger partial charge on any atom is -0.480 e. The summed E-state index contributed by atoms with van der Waals surface area (Å²) < 4.78 is 0. The normalized spacial score (nSPS) is 11.8. The second kappa shape index (κ2) is 13.5. The van der Waals surface area contributed by atoms with Crippen LogP contribution in [-0.2, 0) is 4.79 Å². The smallest absolute Gasteiger partial charge is 0.326 e. The summed E-state index contributed by atoms with van der Waals surface area (Å²) in [7, 11) is 0. The molecule has 0 saturated carbocycles. The van der Waals surface area contributed by atoms with Gasteiger partial charge in [0.25, 0.3) is 5.91 Å². The summed E-state index contributed by atoms with van der Waals surface area (Å²) in [5.74, 6) is -0.971. The van der Waals surface area contributed by atoms with E-state index in [4.69, 9.17) is 0 Å². The molecular weight excluding hydrogens is 520 g/mol. The molecule has 0 spiro atoms. The fourth-order valence-corrected chi connectivity index (χ4v) is 4.84. The van der Waals surface area contributed by atoms with Crippen LogP contribution in [0.25, 0.3) is 23.3 Å². The number of rotatable bonds is 11. The SMILES string of the molecule is CSCC[C@H](NC(=O)c1ccc(/C=C/c2cnccc2C(=O)c2ccccc2)cc1-c1ccccc1C)C(=O)O. The third kappa shape index (κ3) is 6.93. The van der Waals surface area contributed by atoms with Crippen molar-refractivity contribution in [2.75, 3.05) is 12.0 Å². The molecule has 7 heteroatoms. The lowest BCUT2D eigenvalue weighted by Gasteiger charge is -2.17. The highest BCUT2D eigenvalue weighted by molar-refractivity contribution is 7.98. The summed E-state index contributed by atoms with van der Waals surface area (Å²) in [6.07, 6.45) is 9.19. The van der Waals surface area contributed by atoms with Gasteiger partial charge in [-0.25, -0.2) is 4.79 Å². The Hall–Kier alpha value is -4.49. The van der Waals surface area contributed by atoms with Gasteiger partial charge in [-0.1, -0.05) is 72.8 Å². The standard InChI is InChI=1S/C33H30N2O4S/c1-22-8-6-7-11-26(22)29-20-23(13-15-28(29)32(37)35-30(33(38)39)17-19-40-2)12-14-25-21-34-18-16-27(25)31(36)24-9-4-3-5-10-24/h3-16,18,20-21,30H,17,19H2,1-2H3,(H,35,37)(H,38,39)/b14-12+/t30-/m0/s1. The molecule has 6 nitrogen and oxygen atoms in total. The number of aryl methyl sites for hydroxylation is 1. The Morgan fingerprint density at radius 3 is 2.40 bits per heavy atom. The quantitative estimate of drug-likeness (QED) is 0.210.